The van der Waals surface area contributed by atoms with E-state index in [0.717, 1.165) is 25.9 Å². The molecule has 1 rings (SSSR count). The first-order valence-corrected chi connectivity index (χ1v) is 4.15. The molecule has 1 fully saturated rings. The van der Waals surface area contributed by atoms with Gasteiger partial charge in [0.05, 0.1) is 5.92 Å². The summed E-state index contributed by atoms with van der Waals surface area (Å²) in [6, 6.07) is 0. The fourth-order valence-corrected chi connectivity index (χ4v) is 1.51. The van der Waals surface area contributed by atoms with Crippen molar-refractivity contribution in [1.29, 1.82) is 0 Å². The van der Waals surface area contributed by atoms with Crippen LogP contribution in [0.3, 0.4) is 0 Å². The lowest BCUT2D eigenvalue weighted by atomic mass is 9.88. The van der Waals surface area contributed by atoms with Crippen molar-refractivity contribution < 1.29 is 9.90 Å². The van der Waals surface area contributed by atoms with Crippen LogP contribution in [0.1, 0.15) is 19.8 Å². The summed E-state index contributed by atoms with van der Waals surface area (Å²) in [5.74, 6) is -0.525. The summed E-state index contributed by atoms with van der Waals surface area (Å²) in [5.41, 5.74) is 0. The predicted molar refractivity (Wildman–Crippen MR) is 42.4 cm³/mol. The summed E-state index contributed by atoms with van der Waals surface area (Å²) in [7, 11) is 0. The Morgan fingerprint density at radius 1 is 1.73 bits per heavy atom. The smallest absolute Gasteiger partial charge is 0.306 e. The number of piperidine rings is 1. The average Bonchev–Trinajstić information content (AvgIpc) is 2.05. The lowest BCUT2D eigenvalue weighted by Gasteiger charge is -2.25. The van der Waals surface area contributed by atoms with Crippen molar-refractivity contribution in [2.45, 2.75) is 19.8 Å². The van der Waals surface area contributed by atoms with Gasteiger partial charge in [-0.2, -0.15) is 0 Å². The minimum absolute atomic E-state index is 0.192. The van der Waals surface area contributed by atoms with Crippen LogP contribution < -0.4 is 5.32 Å². The minimum atomic E-state index is -0.668. The third-order valence-corrected chi connectivity index (χ3v) is 2.43. The Kier molecular flexibility index (Phi) is 2.88. The van der Waals surface area contributed by atoms with Gasteiger partial charge in [0.25, 0.3) is 0 Å². The van der Waals surface area contributed by atoms with Gasteiger partial charge in [0.15, 0.2) is 0 Å². The van der Waals surface area contributed by atoms with Gasteiger partial charge in [-0.15, -0.1) is 0 Å². The molecule has 11 heavy (non-hydrogen) atoms. The van der Waals surface area contributed by atoms with E-state index in [1.807, 2.05) is 0 Å². The van der Waals surface area contributed by atoms with E-state index in [4.69, 9.17) is 5.11 Å². The van der Waals surface area contributed by atoms with Gasteiger partial charge in [0.2, 0.25) is 0 Å². The molecule has 0 bridgehead atoms. The highest BCUT2D eigenvalue weighted by Crippen LogP contribution is 2.19. The molecule has 1 aliphatic rings. The minimum Gasteiger partial charge on any atom is -0.481 e. The molecule has 1 saturated heterocycles. The lowest BCUT2D eigenvalue weighted by Crippen LogP contribution is -2.35. The molecule has 0 amide bonds. The quantitative estimate of drug-likeness (QED) is 0.620. The second-order valence-corrected chi connectivity index (χ2v) is 3.23. The molecule has 1 heterocycles. The normalized spacial score (nSPS) is 27.9. The third-order valence-electron chi connectivity index (χ3n) is 2.43. The Morgan fingerprint density at radius 3 is 2.91 bits per heavy atom. The number of hydrogen-bond donors (Lipinski definition) is 2. The molecule has 0 unspecified atom stereocenters. The molecule has 0 aromatic rings. The summed E-state index contributed by atoms with van der Waals surface area (Å²) in [6.45, 7) is 3.70. The van der Waals surface area contributed by atoms with E-state index in [-0.39, 0.29) is 5.92 Å². The van der Waals surface area contributed by atoms with Crippen LogP contribution in [0.25, 0.3) is 0 Å². The second kappa shape index (κ2) is 3.72. The van der Waals surface area contributed by atoms with Crippen LogP contribution in [0.5, 0.6) is 0 Å². The molecule has 64 valence electrons. The SMILES string of the molecule is C[C@H](C(=O)O)[C@H]1CCCNC1. The Labute approximate surface area is 66.8 Å². The molecule has 0 saturated carbocycles. The fourth-order valence-electron chi connectivity index (χ4n) is 1.51. The Balaban J connectivity index is 2.38. The summed E-state index contributed by atoms with van der Waals surface area (Å²) < 4.78 is 0. The van der Waals surface area contributed by atoms with E-state index in [2.05, 4.69) is 5.32 Å². The Hall–Kier alpha value is -0.570. The molecule has 2 N–H and O–H groups in total. The zero-order valence-corrected chi connectivity index (χ0v) is 6.84. The number of hydrogen-bond acceptors (Lipinski definition) is 2. The topological polar surface area (TPSA) is 49.3 Å². The average molecular weight is 157 g/mol. The highest BCUT2D eigenvalue weighted by Gasteiger charge is 2.24. The van der Waals surface area contributed by atoms with E-state index < -0.39 is 5.97 Å². The van der Waals surface area contributed by atoms with Crippen molar-refractivity contribution in [3.8, 4) is 0 Å². The molecule has 0 aromatic heterocycles. The van der Waals surface area contributed by atoms with Gasteiger partial charge in [-0.05, 0) is 31.8 Å². The zero-order valence-electron chi connectivity index (χ0n) is 6.84. The van der Waals surface area contributed by atoms with Crippen LogP contribution in [0, 0.1) is 11.8 Å². The fraction of sp³-hybridized carbons (Fsp3) is 0.875. The number of carboxylic acid groups (broad SMARTS) is 1. The molecule has 0 spiro atoms. The summed E-state index contributed by atoms with van der Waals surface area (Å²) >= 11 is 0. The highest BCUT2D eigenvalue weighted by atomic mass is 16.4. The van der Waals surface area contributed by atoms with Crippen molar-refractivity contribution >= 4 is 5.97 Å². The third kappa shape index (κ3) is 2.19. The van der Waals surface area contributed by atoms with Crippen molar-refractivity contribution in [2.24, 2.45) is 11.8 Å². The largest absolute Gasteiger partial charge is 0.481 e. The monoisotopic (exact) mass is 157 g/mol. The molecule has 0 radical (unpaired) electrons. The van der Waals surface area contributed by atoms with Gasteiger partial charge in [-0.3, -0.25) is 4.79 Å². The molecule has 0 aromatic carbocycles. The Bertz CT molecular complexity index is 141. The molecule has 0 aliphatic carbocycles. The van der Waals surface area contributed by atoms with E-state index in [1.165, 1.54) is 0 Å². The maximum Gasteiger partial charge on any atom is 0.306 e. The Morgan fingerprint density at radius 2 is 2.45 bits per heavy atom. The van der Waals surface area contributed by atoms with Crippen LogP contribution in [-0.2, 0) is 4.79 Å². The van der Waals surface area contributed by atoms with Gasteiger partial charge in [-0.1, -0.05) is 6.92 Å². The maximum absolute atomic E-state index is 10.6. The van der Waals surface area contributed by atoms with Gasteiger partial charge < -0.3 is 10.4 Å². The van der Waals surface area contributed by atoms with Crippen LogP contribution in [0.2, 0.25) is 0 Å². The molecular formula is C8H15NO2. The van der Waals surface area contributed by atoms with Crippen molar-refractivity contribution in [3.63, 3.8) is 0 Å². The predicted octanol–water partition coefficient (Wildman–Crippen LogP) is 0.707. The van der Waals surface area contributed by atoms with Gasteiger partial charge in [-0.25, -0.2) is 0 Å². The molecular weight excluding hydrogens is 142 g/mol. The summed E-state index contributed by atoms with van der Waals surface area (Å²) in [5, 5.41) is 11.9. The van der Waals surface area contributed by atoms with Crippen molar-refractivity contribution in [3.05, 3.63) is 0 Å². The number of aliphatic carboxylic acids is 1. The number of rotatable bonds is 2. The number of carboxylic acids is 1. The molecule has 2 atom stereocenters. The van der Waals surface area contributed by atoms with Crippen molar-refractivity contribution in [2.75, 3.05) is 13.1 Å². The van der Waals surface area contributed by atoms with Gasteiger partial charge in [0, 0.05) is 0 Å². The van der Waals surface area contributed by atoms with E-state index in [0.29, 0.717) is 5.92 Å². The summed E-state index contributed by atoms with van der Waals surface area (Å²) in [6.07, 6.45) is 2.17. The van der Waals surface area contributed by atoms with Crippen LogP contribution in [0.15, 0.2) is 0 Å². The van der Waals surface area contributed by atoms with E-state index in [9.17, 15) is 4.79 Å². The molecule has 3 heteroatoms. The lowest BCUT2D eigenvalue weighted by molar-refractivity contribution is -0.143. The maximum atomic E-state index is 10.6. The first kappa shape index (κ1) is 8.53. The van der Waals surface area contributed by atoms with Gasteiger partial charge in [0.1, 0.15) is 0 Å². The number of nitrogens with one attached hydrogen (secondary N) is 1. The first-order valence-electron chi connectivity index (χ1n) is 4.15. The zero-order chi connectivity index (χ0) is 8.27. The van der Waals surface area contributed by atoms with E-state index in [1.54, 1.807) is 6.92 Å². The molecule has 1 aliphatic heterocycles. The summed E-state index contributed by atoms with van der Waals surface area (Å²) in [4.78, 5) is 10.6. The van der Waals surface area contributed by atoms with Crippen LogP contribution in [0.4, 0.5) is 0 Å². The first-order chi connectivity index (χ1) is 5.22. The van der Waals surface area contributed by atoms with E-state index >= 15 is 0 Å². The number of carbonyl (C=O) groups is 1. The van der Waals surface area contributed by atoms with Crippen LogP contribution >= 0.6 is 0 Å². The van der Waals surface area contributed by atoms with Gasteiger partial charge >= 0.3 is 5.97 Å². The second-order valence-electron chi connectivity index (χ2n) is 3.23. The van der Waals surface area contributed by atoms with Crippen molar-refractivity contribution in [1.82, 2.24) is 5.32 Å². The van der Waals surface area contributed by atoms with Crippen LogP contribution in [-0.4, -0.2) is 24.2 Å². The highest BCUT2D eigenvalue weighted by molar-refractivity contribution is 5.69. The standard InChI is InChI=1S/C8H15NO2/c1-6(8(10)11)7-3-2-4-9-5-7/h6-7,9H,2-5H2,1H3,(H,10,11)/t6-,7-/m0/s1. The molecule has 3 nitrogen and oxygen atoms in total.